The van der Waals surface area contributed by atoms with Gasteiger partial charge >= 0.3 is 0 Å². The summed E-state index contributed by atoms with van der Waals surface area (Å²) in [6.07, 6.45) is 1.11. The number of aryl methyl sites for hydroxylation is 2. The van der Waals surface area contributed by atoms with E-state index in [1.54, 1.807) is 0 Å². The summed E-state index contributed by atoms with van der Waals surface area (Å²) in [6.45, 7) is 6.61. The van der Waals surface area contributed by atoms with Crippen LogP contribution in [0.5, 0.6) is 0 Å². The first kappa shape index (κ1) is 8.76. The molecule has 1 aliphatic rings. The van der Waals surface area contributed by atoms with Crippen LogP contribution in [0.3, 0.4) is 0 Å². The van der Waals surface area contributed by atoms with E-state index >= 15 is 0 Å². The Balaban J connectivity index is 2.63. The van der Waals surface area contributed by atoms with Gasteiger partial charge in [0.25, 0.3) is 0 Å². The van der Waals surface area contributed by atoms with Gasteiger partial charge in [0, 0.05) is 6.04 Å². The number of hydrogen-bond donors (Lipinski definition) is 1. The van der Waals surface area contributed by atoms with Crippen molar-refractivity contribution < 1.29 is 0 Å². The third-order valence-corrected chi connectivity index (χ3v) is 3.06. The molecule has 2 rings (SSSR count). The Hall–Kier alpha value is -0.820. The van der Waals surface area contributed by atoms with Crippen molar-refractivity contribution in [3.05, 3.63) is 34.4 Å². The zero-order chi connectivity index (χ0) is 9.59. The van der Waals surface area contributed by atoms with E-state index in [2.05, 4.69) is 32.9 Å². The van der Waals surface area contributed by atoms with E-state index in [1.807, 2.05) is 0 Å². The van der Waals surface area contributed by atoms with Crippen LogP contribution < -0.4 is 5.73 Å². The predicted molar refractivity (Wildman–Crippen MR) is 55.9 cm³/mol. The summed E-state index contributed by atoms with van der Waals surface area (Å²) in [6, 6.07) is 4.77. The van der Waals surface area contributed by atoms with Gasteiger partial charge < -0.3 is 5.73 Å². The molecule has 1 aromatic carbocycles. The first-order valence-electron chi connectivity index (χ1n) is 4.96. The summed E-state index contributed by atoms with van der Waals surface area (Å²) < 4.78 is 0. The van der Waals surface area contributed by atoms with Gasteiger partial charge in [0.2, 0.25) is 0 Å². The Bertz CT molecular complexity index is 341. The normalized spacial score (nSPS) is 26.2. The van der Waals surface area contributed by atoms with Crippen LogP contribution in [0, 0.1) is 13.8 Å². The molecule has 2 unspecified atom stereocenters. The lowest BCUT2D eigenvalue weighted by atomic mass is 9.96. The zero-order valence-corrected chi connectivity index (χ0v) is 8.59. The molecule has 0 saturated heterocycles. The van der Waals surface area contributed by atoms with Gasteiger partial charge in [-0.25, -0.2) is 0 Å². The molecular weight excluding hydrogens is 158 g/mol. The van der Waals surface area contributed by atoms with Crippen LogP contribution in [0.1, 0.15) is 47.6 Å². The van der Waals surface area contributed by atoms with Gasteiger partial charge in [-0.2, -0.15) is 0 Å². The first-order chi connectivity index (χ1) is 6.09. The molecule has 0 saturated carbocycles. The third-order valence-electron chi connectivity index (χ3n) is 3.06. The monoisotopic (exact) mass is 175 g/mol. The first-order valence-corrected chi connectivity index (χ1v) is 4.96. The lowest BCUT2D eigenvalue weighted by Gasteiger charge is -2.10. The van der Waals surface area contributed by atoms with Gasteiger partial charge in [-0.1, -0.05) is 24.6 Å². The molecule has 1 heteroatoms. The highest BCUT2D eigenvalue weighted by molar-refractivity contribution is 5.45. The van der Waals surface area contributed by atoms with E-state index in [-0.39, 0.29) is 6.04 Å². The third kappa shape index (κ3) is 1.28. The standard InChI is InChI=1S/C12H17N/c1-7-4-8(2)12-9(3)6-11(13)10(12)5-7/h4-5,9,11H,6,13H2,1-3H3. The summed E-state index contributed by atoms with van der Waals surface area (Å²) in [4.78, 5) is 0. The summed E-state index contributed by atoms with van der Waals surface area (Å²) >= 11 is 0. The lowest BCUT2D eigenvalue weighted by Crippen LogP contribution is -2.05. The maximum absolute atomic E-state index is 6.07. The van der Waals surface area contributed by atoms with E-state index in [0.29, 0.717) is 5.92 Å². The molecule has 0 radical (unpaired) electrons. The fourth-order valence-corrected chi connectivity index (χ4v) is 2.62. The Kier molecular flexibility index (Phi) is 1.92. The van der Waals surface area contributed by atoms with Gasteiger partial charge in [0.15, 0.2) is 0 Å². The van der Waals surface area contributed by atoms with Crippen molar-refractivity contribution in [1.29, 1.82) is 0 Å². The summed E-state index contributed by atoms with van der Waals surface area (Å²) in [5, 5.41) is 0. The van der Waals surface area contributed by atoms with E-state index in [9.17, 15) is 0 Å². The van der Waals surface area contributed by atoms with Crippen molar-refractivity contribution in [3.8, 4) is 0 Å². The second-order valence-corrected chi connectivity index (χ2v) is 4.33. The fourth-order valence-electron chi connectivity index (χ4n) is 2.62. The molecule has 0 spiro atoms. The molecule has 0 bridgehead atoms. The minimum Gasteiger partial charge on any atom is -0.324 e. The molecule has 2 atom stereocenters. The van der Waals surface area contributed by atoms with Crippen LogP contribution in [0.25, 0.3) is 0 Å². The molecule has 0 fully saturated rings. The van der Waals surface area contributed by atoms with E-state index in [4.69, 9.17) is 5.73 Å². The second-order valence-electron chi connectivity index (χ2n) is 4.33. The molecule has 1 nitrogen and oxygen atoms in total. The highest BCUT2D eigenvalue weighted by Crippen LogP contribution is 2.40. The molecule has 2 N–H and O–H groups in total. The van der Waals surface area contributed by atoms with Crippen molar-refractivity contribution in [2.45, 2.75) is 39.2 Å². The number of rotatable bonds is 0. The van der Waals surface area contributed by atoms with Crippen molar-refractivity contribution in [2.24, 2.45) is 5.73 Å². The largest absolute Gasteiger partial charge is 0.324 e. The number of benzene rings is 1. The number of hydrogen-bond acceptors (Lipinski definition) is 1. The molecular formula is C12H17N. The van der Waals surface area contributed by atoms with E-state index < -0.39 is 0 Å². The van der Waals surface area contributed by atoms with Crippen LogP contribution in [-0.2, 0) is 0 Å². The van der Waals surface area contributed by atoms with Crippen LogP contribution in [0.4, 0.5) is 0 Å². The summed E-state index contributed by atoms with van der Waals surface area (Å²) in [5.41, 5.74) is 11.7. The quantitative estimate of drug-likeness (QED) is 0.644. The molecule has 1 aromatic rings. The summed E-state index contributed by atoms with van der Waals surface area (Å²) in [5.74, 6) is 0.644. The topological polar surface area (TPSA) is 26.0 Å². The molecule has 0 aromatic heterocycles. The highest BCUT2D eigenvalue weighted by atomic mass is 14.7. The molecule has 0 amide bonds. The van der Waals surface area contributed by atoms with E-state index in [1.165, 1.54) is 22.3 Å². The Morgan fingerprint density at radius 1 is 1.31 bits per heavy atom. The molecule has 0 heterocycles. The Morgan fingerprint density at radius 3 is 2.69 bits per heavy atom. The average Bonchev–Trinajstić information content (AvgIpc) is 2.27. The maximum Gasteiger partial charge on any atom is 0.0303 e. The molecule has 0 aliphatic heterocycles. The van der Waals surface area contributed by atoms with Crippen LogP contribution in [0.2, 0.25) is 0 Å². The van der Waals surface area contributed by atoms with Crippen molar-refractivity contribution in [2.75, 3.05) is 0 Å². The SMILES string of the molecule is Cc1cc(C)c2c(c1)C(N)CC2C. The van der Waals surface area contributed by atoms with Crippen LogP contribution in [-0.4, -0.2) is 0 Å². The van der Waals surface area contributed by atoms with Crippen molar-refractivity contribution >= 4 is 0 Å². The number of fused-ring (bicyclic) bond motifs is 1. The van der Waals surface area contributed by atoms with Gasteiger partial charge in [-0.3, -0.25) is 0 Å². The Morgan fingerprint density at radius 2 is 2.00 bits per heavy atom. The van der Waals surface area contributed by atoms with E-state index in [0.717, 1.165) is 6.42 Å². The summed E-state index contributed by atoms with van der Waals surface area (Å²) in [7, 11) is 0. The second kappa shape index (κ2) is 2.85. The van der Waals surface area contributed by atoms with Gasteiger partial charge in [0.1, 0.15) is 0 Å². The van der Waals surface area contributed by atoms with Gasteiger partial charge in [0.05, 0.1) is 0 Å². The maximum atomic E-state index is 6.07. The zero-order valence-electron chi connectivity index (χ0n) is 8.59. The molecule has 13 heavy (non-hydrogen) atoms. The van der Waals surface area contributed by atoms with Crippen LogP contribution in [0.15, 0.2) is 12.1 Å². The molecule has 70 valence electrons. The number of nitrogens with two attached hydrogens (primary N) is 1. The van der Waals surface area contributed by atoms with Crippen LogP contribution >= 0.6 is 0 Å². The fraction of sp³-hybridized carbons (Fsp3) is 0.500. The Labute approximate surface area is 80.0 Å². The smallest absolute Gasteiger partial charge is 0.0303 e. The minimum absolute atomic E-state index is 0.267. The lowest BCUT2D eigenvalue weighted by molar-refractivity contribution is 0.639. The molecule has 1 aliphatic carbocycles. The predicted octanol–water partition coefficient (Wildman–Crippen LogP) is 2.81. The van der Waals surface area contributed by atoms with Gasteiger partial charge in [-0.05, 0) is 42.9 Å². The van der Waals surface area contributed by atoms with Crippen molar-refractivity contribution in [3.63, 3.8) is 0 Å². The average molecular weight is 175 g/mol. The highest BCUT2D eigenvalue weighted by Gasteiger charge is 2.26. The van der Waals surface area contributed by atoms with Gasteiger partial charge in [-0.15, -0.1) is 0 Å². The van der Waals surface area contributed by atoms with Crippen molar-refractivity contribution in [1.82, 2.24) is 0 Å². The minimum atomic E-state index is 0.267.